The van der Waals surface area contributed by atoms with E-state index in [9.17, 15) is 0 Å². The number of nitrogens with zero attached hydrogens (tertiary/aromatic N) is 2. The SMILES string of the molecule is CCCC(C)(CNC)CN1CCC(N2CCCCC2)C1. The van der Waals surface area contributed by atoms with E-state index in [1.807, 2.05) is 0 Å². The normalized spacial score (nSPS) is 28.6. The van der Waals surface area contributed by atoms with Crippen molar-refractivity contribution in [1.82, 2.24) is 15.1 Å². The first-order valence-corrected chi connectivity index (χ1v) is 8.78. The van der Waals surface area contributed by atoms with Gasteiger partial charge in [-0.3, -0.25) is 4.90 Å². The molecule has 118 valence electrons. The Morgan fingerprint density at radius 1 is 1.15 bits per heavy atom. The van der Waals surface area contributed by atoms with Crippen LogP contribution in [0.2, 0.25) is 0 Å². The number of piperidine rings is 1. The summed E-state index contributed by atoms with van der Waals surface area (Å²) in [5.74, 6) is 0. The molecule has 2 fully saturated rings. The van der Waals surface area contributed by atoms with E-state index in [0.29, 0.717) is 5.41 Å². The molecular weight excluding hydrogens is 246 g/mol. The van der Waals surface area contributed by atoms with Crippen molar-refractivity contribution < 1.29 is 0 Å². The molecule has 0 aliphatic carbocycles. The fraction of sp³-hybridized carbons (Fsp3) is 1.00. The van der Waals surface area contributed by atoms with Crippen LogP contribution in [0.1, 0.15) is 52.4 Å². The minimum atomic E-state index is 0.445. The third kappa shape index (κ3) is 4.44. The highest BCUT2D eigenvalue weighted by molar-refractivity contribution is 4.88. The van der Waals surface area contributed by atoms with Crippen molar-refractivity contribution in [2.45, 2.75) is 58.4 Å². The van der Waals surface area contributed by atoms with Crippen molar-refractivity contribution in [2.24, 2.45) is 5.41 Å². The number of hydrogen-bond donors (Lipinski definition) is 1. The highest BCUT2D eigenvalue weighted by Gasteiger charge is 2.32. The van der Waals surface area contributed by atoms with Gasteiger partial charge in [0.1, 0.15) is 0 Å². The van der Waals surface area contributed by atoms with Gasteiger partial charge in [-0.15, -0.1) is 0 Å². The predicted molar refractivity (Wildman–Crippen MR) is 87.2 cm³/mol. The van der Waals surface area contributed by atoms with Crippen molar-refractivity contribution in [1.29, 1.82) is 0 Å². The molecule has 0 aromatic rings. The second-order valence-corrected chi connectivity index (χ2v) is 7.37. The Hall–Kier alpha value is -0.120. The van der Waals surface area contributed by atoms with Crippen LogP contribution < -0.4 is 5.32 Å². The lowest BCUT2D eigenvalue weighted by molar-refractivity contribution is 0.140. The molecule has 3 nitrogen and oxygen atoms in total. The summed E-state index contributed by atoms with van der Waals surface area (Å²) in [6, 6.07) is 0.843. The summed E-state index contributed by atoms with van der Waals surface area (Å²) in [5.41, 5.74) is 0.445. The van der Waals surface area contributed by atoms with Crippen molar-refractivity contribution in [3.8, 4) is 0 Å². The molecule has 0 bridgehead atoms. The molecule has 0 radical (unpaired) electrons. The molecule has 2 atom stereocenters. The Morgan fingerprint density at radius 2 is 1.90 bits per heavy atom. The second-order valence-electron chi connectivity index (χ2n) is 7.37. The van der Waals surface area contributed by atoms with Crippen molar-refractivity contribution in [3.63, 3.8) is 0 Å². The molecule has 2 rings (SSSR count). The molecule has 1 N–H and O–H groups in total. The zero-order valence-electron chi connectivity index (χ0n) is 14.0. The molecule has 0 aromatic carbocycles. The zero-order chi connectivity index (χ0) is 14.4. The van der Waals surface area contributed by atoms with Crippen LogP contribution in [-0.2, 0) is 0 Å². The van der Waals surface area contributed by atoms with Crippen LogP contribution in [0.15, 0.2) is 0 Å². The van der Waals surface area contributed by atoms with Crippen LogP contribution >= 0.6 is 0 Å². The predicted octanol–water partition coefficient (Wildman–Crippen LogP) is 2.57. The van der Waals surface area contributed by atoms with E-state index in [1.54, 1.807) is 0 Å². The van der Waals surface area contributed by atoms with Crippen molar-refractivity contribution >= 4 is 0 Å². The van der Waals surface area contributed by atoms with Crippen LogP contribution in [0.25, 0.3) is 0 Å². The lowest BCUT2D eigenvalue weighted by Crippen LogP contribution is -2.44. The lowest BCUT2D eigenvalue weighted by Gasteiger charge is -2.35. The molecule has 2 unspecified atom stereocenters. The smallest absolute Gasteiger partial charge is 0.0235 e. The van der Waals surface area contributed by atoms with Crippen LogP contribution in [0.3, 0.4) is 0 Å². The van der Waals surface area contributed by atoms with Crippen LogP contribution in [0.4, 0.5) is 0 Å². The Bertz CT molecular complexity index is 267. The largest absolute Gasteiger partial charge is 0.319 e. The molecule has 3 heteroatoms. The minimum Gasteiger partial charge on any atom is -0.319 e. The third-order valence-electron chi connectivity index (χ3n) is 5.22. The van der Waals surface area contributed by atoms with Gasteiger partial charge in [0, 0.05) is 25.7 Å². The quantitative estimate of drug-likeness (QED) is 0.774. The molecule has 0 aromatic heterocycles. The fourth-order valence-electron chi connectivity index (χ4n) is 4.33. The van der Waals surface area contributed by atoms with Gasteiger partial charge >= 0.3 is 0 Å². The van der Waals surface area contributed by atoms with E-state index >= 15 is 0 Å². The summed E-state index contributed by atoms with van der Waals surface area (Å²) in [4.78, 5) is 5.49. The van der Waals surface area contributed by atoms with Crippen LogP contribution in [0.5, 0.6) is 0 Å². The summed E-state index contributed by atoms with van der Waals surface area (Å²) < 4.78 is 0. The average Bonchev–Trinajstić information content (AvgIpc) is 2.88. The molecule has 2 heterocycles. The first-order valence-electron chi connectivity index (χ1n) is 8.78. The van der Waals surface area contributed by atoms with Gasteiger partial charge in [-0.2, -0.15) is 0 Å². The first kappa shape index (κ1) is 16.3. The summed E-state index contributed by atoms with van der Waals surface area (Å²) in [7, 11) is 2.09. The number of rotatable bonds is 7. The Labute approximate surface area is 126 Å². The fourth-order valence-corrected chi connectivity index (χ4v) is 4.33. The van der Waals surface area contributed by atoms with Gasteiger partial charge in [-0.05, 0) is 57.8 Å². The van der Waals surface area contributed by atoms with E-state index < -0.39 is 0 Å². The van der Waals surface area contributed by atoms with Crippen molar-refractivity contribution in [3.05, 3.63) is 0 Å². The number of likely N-dealkylation sites (tertiary alicyclic amines) is 2. The van der Waals surface area contributed by atoms with E-state index in [4.69, 9.17) is 0 Å². The van der Waals surface area contributed by atoms with Gasteiger partial charge < -0.3 is 10.2 Å². The highest BCUT2D eigenvalue weighted by Crippen LogP contribution is 2.27. The second kappa shape index (κ2) is 7.77. The topological polar surface area (TPSA) is 18.5 Å². The molecular formula is C17H35N3. The van der Waals surface area contributed by atoms with Crippen LogP contribution in [-0.4, -0.2) is 62.2 Å². The average molecular weight is 281 g/mol. The first-order chi connectivity index (χ1) is 9.67. The maximum absolute atomic E-state index is 3.40. The number of nitrogens with one attached hydrogen (secondary N) is 1. The van der Waals surface area contributed by atoms with Gasteiger partial charge in [0.15, 0.2) is 0 Å². The lowest BCUT2D eigenvalue weighted by atomic mass is 9.85. The zero-order valence-corrected chi connectivity index (χ0v) is 14.0. The van der Waals surface area contributed by atoms with E-state index in [-0.39, 0.29) is 0 Å². The van der Waals surface area contributed by atoms with E-state index in [1.165, 1.54) is 71.2 Å². The van der Waals surface area contributed by atoms with Gasteiger partial charge in [-0.1, -0.05) is 26.7 Å². The third-order valence-corrected chi connectivity index (χ3v) is 5.22. The summed E-state index contributed by atoms with van der Waals surface area (Å²) in [6.07, 6.45) is 8.30. The summed E-state index contributed by atoms with van der Waals surface area (Å²) >= 11 is 0. The highest BCUT2D eigenvalue weighted by atomic mass is 15.3. The molecule has 20 heavy (non-hydrogen) atoms. The maximum atomic E-state index is 3.40. The molecule has 0 amide bonds. The summed E-state index contributed by atoms with van der Waals surface area (Å²) in [5, 5.41) is 3.40. The summed E-state index contributed by atoms with van der Waals surface area (Å²) in [6.45, 7) is 12.5. The van der Waals surface area contributed by atoms with Crippen molar-refractivity contribution in [2.75, 3.05) is 46.3 Å². The number of hydrogen-bond acceptors (Lipinski definition) is 3. The maximum Gasteiger partial charge on any atom is 0.0235 e. The Balaban J connectivity index is 1.81. The van der Waals surface area contributed by atoms with E-state index in [0.717, 1.165) is 12.6 Å². The minimum absolute atomic E-state index is 0.445. The Kier molecular flexibility index (Phi) is 6.31. The van der Waals surface area contributed by atoms with Gasteiger partial charge in [-0.25, -0.2) is 0 Å². The molecule has 2 saturated heterocycles. The molecule has 2 aliphatic heterocycles. The van der Waals surface area contributed by atoms with Gasteiger partial charge in [0.05, 0.1) is 0 Å². The monoisotopic (exact) mass is 281 g/mol. The van der Waals surface area contributed by atoms with E-state index in [2.05, 4.69) is 36.0 Å². The van der Waals surface area contributed by atoms with Crippen LogP contribution in [0, 0.1) is 5.41 Å². The van der Waals surface area contributed by atoms with Gasteiger partial charge in [0.2, 0.25) is 0 Å². The molecule has 0 spiro atoms. The Morgan fingerprint density at radius 3 is 2.55 bits per heavy atom. The molecule has 2 aliphatic rings. The standard InChI is InChI=1S/C17H35N3/c1-4-9-17(2,14-18-3)15-19-12-8-16(13-19)20-10-6-5-7-11-20/h16,18H,4-15H2,1-3H3. The van der Waals surface area contributed by atoms with Gasteiger partial charge in [0.25, 0.3) is 0 Å². The molecule has 0 saturated carbocycles.